The molecule has 0 aliphatic heterocycles. The normalized spacial score (nSPS) is 27.1. The van der Waals surface area contributed by atoms with Gasteiger partial charge in [-0.05, 0) is 62.7 Å². The second-order valence-electron chi connectivity index (χ2n) is 9.89. The molecule has 1 fully saturated rings. The lowest BCUT2D eigenvalue weighted by Gasteiger charge is -2.50. The fraction of sp³-hybridized carbons (Fsp3) is 0.308. The SMILES string of the molecule is CN(C)C1C(=O)C(C(N)=O)=C(O)[C@]2(O)C(=O)C3=C(O)c4c(O)ccc(-c5ccc(/C=N/O)o5)c4C[C@@H]3C[C@H]12. The van der Waals surface area contributed by atoms with Crippen molar-refractivity contribution in [2.75, 3.05) is 14.1 Å². The number of carbonyl (C=O) groups is 3. The largest absolute Gasteiger partial charge is 0.508 e. The number of oxime groups is 1. The van der Waals surface area contributed by atoms with Gasteiger partial charge in [0.15, 0.2) is 11.4 Å². The average Bonchev–Trinajstić information content (AvgIpc) is 3.29. The topological polar surface area (TPSA) is 207 Å². The quantitative estimate of drug-likeness (QED) is 0.145. The summed E-state index contributed by atoms with van der Waals surface area (Å²) in [5.41, 5.74) is 2.43. The lowest BCUT2D eigenvalue weighted by molar-refractivity contribution is -0.153. The molecule has 0 bridgehead atoms. The van der Waals surface area contributed by atoms with Crippen LogP contribution in [0.4, 0.5) is 0 Å². The number of rotatable bonds is 4. The number of aliphatic hydroxyl groups excluding tert-OH is 2. The number of Topliss-reactive ketones (excluding diaryl/α,β-unsaturated/α-hetero) is 2. The van der Waals surface area contributed by atoms with Gasteiger partial charge >= 0.3 is 0 Å². The van der Waals surface area contributed by atoms with Gasteiger partial charge in [0.2, 0.25) is 5.78 Å². The first kappa shape index (κ1) is 25.2. The molecule has 38 heavy (non-hydrogen) atoms. The smallest absolute Gasteiger partial charge is 0.255 e. The molecular formula is C26H25N3O9. The number of nitrogens with zero attached hydrogens (tertiary/aromatic N) is 2. The number of primary amides is 1. The van der Waals surface area contributed by atoms with E-state index in [9.17, 15) is 34.8 Å². The minimum Gasteiger partial charge on any atom is -0.508 e. The molecule has 0 saturated heterocycles. The highest BCUT2D eigenvalue weighted by Crippen LogP contribution is 2.53. The number of nitrogens with two attached hydrogens (primary N) is 1. The molecule has 2 aromatic rings. The van der Waals surface area contributed by atoms with Crippen LogP contribution in [0.5, 0.6) is 5.75 Å². The van der Waals surface area contributed by atoms with Crippen LogP contribution in [0.2, 0.25) is 0 Å². The Morgan fingerprint density at radius 1 is 1.18 bits per heavy atom. The zero-order valence-electron chi connectivity index (χ0n) is 20.4. The third-order valence-corrected chi connectivity index (χ3v) is 7.68. The van der Waals surface area contributed by atoms with Crippen LogP contribution in [0.25, 0.3) is 17.1 Å². The summed E-state index contributed by atoms with van der Waals surface area (Å²) in [7, 11) is 3.07. The number of ketones is 2. The second kappa shape index (κ2) is 8.57. The number of furan rings is 1. The van der Waals surface area contributed by atoms with Gasteiger partial charge in [-0.25, -0.2) is 0 Å². The average molecular weight is 523 g/mol. The zero-order chi connectivity index (χ0) is 27.7. The van der Waals surface area contributed by atoms with Gasteiger partial charge < -0.3 is 35.8 Å². The van der Waals surface area contributed by atoms with Crippen molar-refractivity contribution in [3.63, 3.8) is 0 Å². The van der Waals surface area contributed by atoms with Crippen molar-refractivity contribution in [2.45, 2.75) is 24.5 Å². The van der Waals surface area contributed by atoms with E-state index in [-0.39, 0.29) is 35.5 Å². The number of hydrogen-bond donors (Lipinski definition) is 6. The van der Waals surface area contributed by atoms with E-state index < -0.39 is 58.0 Å². The summed E-state index contributed by atoms with van der Waals surface area (Å²) >= 11 is 0. The Hall–Kier alpha value is -4.42. The van der Waals surface area contributed by atoms with Crippen molar-refractivity contribution < 1.29 is 44.4 Å². The van der Waals surface area contributed by atoms with Gasteiger partial charge in [0.25, 0.3) is 5.91 Å². The van der Waals surface area contributed by atoms with Crippen molar-refractivity contribution >= 4 is 29.4 Å². The maximum Gasteiger partial charge on any atom is 0.255 e. The number of amides is 1. The van der Waals surface area contributed by atoms with Crippen LogP contribution < -0.4 is 5.73 Å². The van der Waals surface area contributed by atoms with Crippen LogP contribution in [0.15, 0.2) is 50.7 Å². The molecular weight excluding hydrogens is 498 g/mol. The van der Waals surface area contributed by atoms with E-state index in [0.29, 0.717) is 16.9 Å². The third-order valence-electron chi connectivity index (χ3n) is 7.68. The molecule has 7 N–H and O–H groups in total. The highest BCUT2D eigenvalue weighted by Gasteiger charge is 2.64. The van der Waals surface area contributed by atoms with Crippen LogP contribution >= 0.6 is 0 Å². The van der Waals surface area contributed by atoms with E-state index >= 15 is 0 Å². The molecule has 1 amide bonds. The Kier molecular flexibility index (Phi) is 5.69. The van der Waals surface area contributed by atoms with Crippen LogP contribution in [-0.2, 0) is 20.8 Å². The predicted octanol–water partition coefficient (Wildman–Crippen LogP) is 1.03. The summed E-state index contributed by atoms with van der Waals surface area (Å²) in [4.78, 5) is 40.5. The van der Waals surface area contributed by atoms with Crippen LogP contribution in [0.3, 0.4) is 0 Å². The van der Waals surface area contributed by atoms with Crippen molar-refractivity contribution in [1.29, 1.82) is 0 Å². The van der Waals surface area contributed by atoms with Gasteiger partial charge in [-0.15, -0.1) is 0 Å². The third kappa shape index (κ3) is 3.30. The van der Waals surface area contributed by atoms with Gasteiger partial charge in [0.1, 0.15) is 40.6 Å². The molecule has 0 spiro atoms. The Bertz CT molecular complexity index is 1500. The fourth-order valence-corrected chi connectivity index (χ4v) is 6.10. The number of benzene rings is 1. The summed E-state index contributed by atoms with van der Waals surface area (Å²) in [5, 5.41) is 56.2. The van der Waals surface area contributed by atoms with Crippen molar-refractivity contribution in [1.82, 2.24) is 4.90 Å². The number of phenols is 1. The van der Waals surface area contributed by atoms with E-state index in [0.717, 1.165) is 6.21 Å². The van der Waals surface area contributed by atoms with Gasteiger partial charge in [0.05, 0.1) is 11.6 Å². The molecule has 5 rings (SSSR count). The molecule has 1 saturated carbocycles. The minimum atomic E-state index is -2.70. The molecule has 3 aliphatic carbocycles. The summed E-state index contributed by atoms with van der Waals surface area (Å²) in [6.45, 7) is 0. The van der Waals surface area contributed by atoms with Crippen LogP contribution in [0.1, 0.15) is 23.3 Å². The van der Waals surface area contributed by atoms with Gasteiger partial charge in [-0.1, -0.05) is 5.16 Å². The number of carbonyl (C=O) groups excluding carboxylic acids is 3. The number of aliphatic hydroxyl groups is 3. The second-order valence-corrected chi connectivity index (χ2v) is 9.89. The van der Waals surface area contributed by atoms with Crippen LogP contribution in [-0.4, -0.2) is 80.0 Å². The van der Waals surface area contributed by atoms with E-state index in [1.54, 1.807) is 18.2 Å². The highest BCUT2D eigenvalue weighted by molar-refractivity contribution is 6.24. The number of fused-ring (bicyclic) bond motifs is 3. The maximum absolute atomic E-state index is 13.8. The summed E-state index contributed by atoms with van der Waals surface area (Å²) in [6.07, 6.45) is 1.18. The molecule has 198 valence electrons. The molecule has 12 heteroatoms. The maximum atomic E-state index is 13.8. The molecule has 1 aromatic heterocycles. The van der Waals surface area contributed by atoms with E-state index in [4.69, 9.17) is 15.4 Å². The predicted molar refractivity (Wildman–Crippen MR) is 131 cm³/mol. The molecule has 3 aliphatic rings. The lowest BCUT2D eigenvalue weighted by atomic mass is 9.57. The number of hydrogen-bond acceptors (Lipinski definition) is 11. The van der Waals surface area contributed by atoms with E-state index in [1.807, 2.05) is 0 Å². The molecule has 0 radical (unpaired) electrons. The molecule has 1 aromatic carbocycles. The van der Waals surface area contributed by atoms with E-state index in [2.05, 4.69) is 5.16 Å². The Labute approximate surface area is 215 Å². The highest BCUT2D eigenvalue weighted by atomic mass is 16.4. The number of likely N-dealkylation sites (N-methyl/N-ethyl adjacent to an activating group) is 1. The molecule has 12 nitrogen and oxygen atoms in total. The summed E-state index contributed by atoms with van der Waals surface area (Å²) in [5.74, 6) is -6.54. The summed E-state index contributed by atoms with van der Waals surface area (Å²) < 4.78 is 5.69. The minimum absolute atomic E-state index is 0.0264. The monoisotopic (exact) mass is 523 g/mol. The van der Waals surface area contributed by atoms with Crippen molar-refractivity contribution in [3.05, 3.63) is 58.1 Å². The first-order chi connectivity index (χ1) is 17.9. The van der Waals surface area contributed by atoms with Gasteiger partial charge in [-0.2, -0.15) is 0 Å². The zero-order valence-corrected chi connectivity index (χ0v) is 20.4. The van der Waals surface area contributed by atoms with Gasteiger partial charge in [0, 0.05) is 17.1 Å². The Balaban J connectivity index is 1.72. The fourth-order valence-electron chi connectivity index (χ4n) is 6.10. The van der Waals surface area contributed by atoms with Gasteiger partial charge in [-0.3, -0.25) is 19.3 Å². The standard InChI is InChI=1S/C26H25N3O9/c1-29(2)20-14-8-10-7-13-12(16-6-3-11(38-16)9-28-37)4-5-15(30)18(13)21(31)17(10)23(33)26(14,36)24(34)19(22(20)32)25(27)35/h3-6,9-10,14,20,30-31,34,36-37H,7-8H2,1-2H3,(H2,27,35)/b28-9+/t10-,14-,20?,26-/m1/s1. The Morgan fingerprint density at radius 3 is 2.53 bits per heavy atom. The summed E-state index contributed by atoms with van der Waals surface area (Å²) in [6, 6.07) is 4.89. The van der Waals surface area contributed by atoms with Crippen molar-refractivity contribution in [2.24, 2.45) is 22.7 Å². The molecule has 1 unspecified atom stereocenters. The number of phenolic OH excluding ortho intramolecular Hbond substituents is 1. The van der Waals surface area contributed by atoms with E-state index in [1.165, 1.54) is 25.1 Å². The number of aromatic hydroxyl groups is 1. The first-order valence-electron chi connectivity index (χ1n) is 11.7. The first-order valence-corrected chi connectivity index (χ1v) is 11.7. The van der Waals surface area contributed by atoms with Crippen LogP contribution in [0, 0.1) is 11.8 Å². The lowest BCUT2D eigenvalue weighted by Crippen LogP contribution is -2.65. The molecule has 4 atom stereocenters. The van der Waals surface area contributed by atoms with Crippen molar-refractivity contribution in [3.8, 4) is 17.1 Å². The molecule has 1 heterocycles. The Morgan fingerprint density at radius 2 is 1.89 bits per heavy atom.